The Hall–Kier alpha value is -0.430. The third kappa shape index (κ3) is 16.4. The van der Waals surface area contributed by atoms with Gasteiger partial charge in [0, 0.05) is 6.42 Å². The number of carbonyl (C=O) groups is 1. The second-order valence-electron chi connectivity index (χ2n) is 7.03. The van der Waals surface area contributed by atoms with Crippen molar-refractivity contribution >= 4 is 13.8 Å². The lowest BCUT2D eigenvalue weighted by Gasteiger charge is -2.14. The summed E-state index contributed by atoms with van der Waals surface area (Å²) >= 11 is 0. The highest BCUT2D eigenvalue weighted by molar-refractivity contribution is 7.43. The van der Waals surface area contributed by atoms with E-state index in [1.54, 1.807) is 0 Å². The minimum Gasteiger partial charge on any atom is -0.465 e. The molecule has 0 bridgehead atoms. The van der Waals surface area contributed by atoms with Crippen molar-refractivity contribution in [3.05, 3.63) is 0 Å². The molecule has 4 heteroatoms. The van der Waals surface area contributed by atoms with Crippen molar-refractivity contribution in [2.24, 2.45) is 5.92 Å². The first-order chi connectivity index (χ1) is 11.6. The molecule has 0 aliphatic carbocycles. The first kappa shape index (κ1) is 23.6. The van der Waals surface area contributed by atoms with Crippen molar-refractivity contribution in [3.8, 4) is 0 Å². The van der Waals surface area contributed by atoms with E-state index in [1.165, 1.54) is 51.4 Å². The van der Waals surface area contributed by atoms with E-state index in [4.69, 9.17) is 4.74 Å². The Morgan fingerprint density at radius 2 is 1.50 bits per heavy atom. The molecule has 2 atom stereocenters. The monoisotopic (exact) mass is 359 g/mol. The molecule has 0 saturated heterocycles. The van der Waals surface area contributed by atoms with Gasteiger partial charge in [-0.2, -0.15) is 0 Å². The molecular formula is C20H40O3P+. The van der Waals surface area contributed by atoms with Gasteiger partial charge >= 0.3 is 13.8 Å². The smallest absolute Gasteiger partial charge is 0.335 e. The molecule has 0 aromatic rings. The molecule has 0 aromatic carbocycles. The zero-order chi connectivity index (χ0) is 18.0. The van der Waals surface area contributed by atoms with Gasteiger partial charge in [-0.05, 0) is 31.6 Å². The van der Waals surface area contributed by atoms with Gasteiger partial charge < -0.3 is 4.74 Å². The summed E-state index contributed by atoms with van der Waals surface area (Å²) < 4.78 is 16.4. The third-order valence-corrected chi connectivity index (χ3v) is 5.57. The molecule has 0 spiro atoms. The molecule has 0 amide bonds. The Kier molecular flexibility index (Phi) is 17.1. The summed E-state index contributed by atoms with van der Waals surface area (Å²) in [6.07, 6.45) is 15.6. The second kappa shape index (κ2) is 17.4. The Bertz CT molecular complexity index is 318. The van der Waals surface area contributed by atoms with E-state index < -0.39 is 7.80 Å². The lowest BCUT2D eigenvalue weighted by Crippen LogP contribution is -2.13. The number of hydrogen-bond acceptors (Lipinski definition) is 3. The van der Waals surface area contributed by atoms with Crippen LogP contribution >= 0.6 is 7.80 Å². The van der Waals surface area contributed by atoms with Crippen molar-refractivity contribution in [2.45, 2.75) is 97.3 Å². The first-order valence-corrected chi connectivity index (χ1v) is 12.0. The summed E-state index contributed by atoms with van der Waals surface area (Å²) in [5.74, 6) is 0.526. The van der Waals surface area contributed by atoms with E-state index in [2.05, 4.69) is 13.8 Å². The summed E-state index contributed by atoms with van der Waals surface area (Å²) in [5.41, 5.74) is 0. The molecule has 2 unspecified atom stereocenters. The number of rotatable bonds is 17. The standard InChI is InChI=1S/C20H40O3P/c1-4-6-15-19(5-2)18-23-20(21)16-13-11-9-7-8-10-12-14-17-24(3)22/h19H,4-18H2,1-3H3/q+1. The van der Waals surface area contributed by atoms with E-state index in [9.17, 15) is 9.36 Å². The fraction of sp³-hybridized carbons (Fsp3) is 0.950. The maximum Gasteiger partial charge on any atom is 0.335 e. The molecule has 142 valence electrons. The van der Waals surface area contributed by atoms with E-state index in [0.717, 1.165) is 31.8 Å². The highest BCUT2D eigenvalue weighted by atomic mass is 31.1. The van der Waals surface area contributed by atoms with Gasteiger partial charge in [0.05, 0.1) is 6.61 Å². The second-order valence-corrected chi connectivity index (χ2v) is 8.73. The Labute approximate surface area is 151 Å². The topological polar surface area (TPSA) is 43.4 Å². The van der Waals surface area contributed by atoms with Crippen molar-refractivity contribution in [3.63, 3.8) is 0 Å². The normalized spacial score (nSPS) is 12.9. The van der Waals surface area contributed by atoms with Crippen molar-refractivity contribution in [1.82, 2.24) is 0 Å². The molecule has 0 rings (SSSR count). The fourth-order valence-corrected chi connectivity index (χ4v) is 3.51. The minimum absolute atomic E-state index is 0.0152. The van der Waals surface area contributed by atoms with Crippen LogP contribution in [0.5, 0.6) is 0 Å². The zero-order valence-electron chi connectivity index (χ0n) is 16.4. The lowest BCUT2D eigenvalue weighted by atomic mass is 10.0. The third-order valence-electron chi connectivity index (χ3n) is 4.63. The van der Waals surface area contributed by atoms with Gasteiger partial charge in [0.25, 0.3) is 0 Å². The molecule has 3 nitrogen and oxygen atoms in total. The summed E-state index contributed by atoms with van der Waals surface area (Å²) in [6, 6.07) is 0. The van der Waals surface area contributed by atoms with Crippen molar-refractivity contribution in [1.29, 1.82) is 0 Å². The van der Waals surface area contributed by atoms with Gasteiger partial charge in [-0.3, -0.25) is 4.79 Å². The predicted molar refractivity (Wildman–Crippen MR) is 104 cm³/mol. The fourth-order valence-electron chi connectivity index (χ4n) is 2.85. The Balaban J connectivity index is 3.38. The minimum atomic E-state index is -0.945. The average Bonchev–Trinajstić information content (AvgIpc) is 2.56. The number of unbranched alkanes of at least 4 members (excludes halogenated alkanes) is 8. The van der Waals surface area contributed by atoms with Crippen molar-refractivity contribution < 1.29 is 14.1 Å². The summed E-state index contributed by atoms with van der Waals surface area (Å²) in [6.45, 7) is 6.80. The van der Waals surface area contributed by atoms with Crippen LogP contribution in [0.4, 0.5) is 0 Å². The summed E-state index contributed by atoms with van der Waals surface area (Å²) in [7, 11) is -0.945. The highest BCUT2D eigenvalue weighted by Gasteiger charge is 2.09. The SMILES string of the molecule is CCCCC(CC)COC(=O)CCCCCCCCCC[P+](C)=O. The van der Waals surface area contributed by atoms with Gasteiger partial charge in [0.1, 0.15) is 12.8 Å². The van der Waals surface area contributed by atoms with Crippen LogP contribution in [0.3, 0.4) is 0 Å². The molecule has 0 heterocycles. The molecule has 0 fully saturated rings. The zero-order valence-corrected chi connectivity index (χ0v) is 17.3. The molecule has 0 aromatic heterocycles. The number of ether oxygens (including phenoxy) is 1. The summed E-state index contributed by atoms with van der Waals surface area (Å²) in [5, 5.41) is 0. The predicted octanol–water partition coefficient (Wildman–Crippen LogP) is 6.71. The number of carbonyl (C=O) groups excluding carboxylic acids is 1. The largest absolute Gasteiger partial charge is 0.465 e. The molecular weight excluding hydrogens is 319 g/mol. The average molecular weight is 360 g/mol. The van der Waals surface area contributed by atoms with Gasteiger partial charge in [-0.25, -0.2) is 0 Å². The summed E-state index contributed by atoms with van der Waals surface area (Å²) in [4.78, 5) is 11.8. The molecule has 24 heavy (non-hydrogen) atoms. The van der Waals surface area contributed by atoms with Crippen LogP contribution in [0.15, 0.2) is 0 Å². The molecule has 0 saturated carbocycles. The highest BCUT2D eigenvalue weighted by Crippen LogP contribution is 2.18. The van der Waals surface area contributed by atoms with Crippen LogP contribution in [-0.4, -0.2) is 25.4 Å². The van der Waals surface area contributed by atoms with Gasteiger partial charge in [0.15, 0.2) is 0 Å². The number of esters is 1. The quantitative estimate of drug-likeness (QED) is 0.165. The van der Waals surface area contributed by atoms with Crippen LogP contribution in [0.1, 0.15) is 97.3 Å². The maximum atomic E-state index is 11.8. The first-order valence-electron chi connectivity index (χ1n) is 10.1. The maximum absolute atomic E-state index is 11.8. The van der Waals surface area contributed by atoms with Crippen LogP contribution in [-0.2, 0) is 14.1 Å². The van der Waals surface area contributed by atoms with E-state index in [1.807, 2.05) is 6.66 Å². The van der Waals surface area contributed by atoms with Gasteiger partial charge in [-0.1, -0.05) is 69.8 Å². The Morgan fingerprint density at radius 1 is 0.917 bits per heavy atom. The number of hydrogen-bond donors (Lipinski definition) is 0. The van der Waals surface area contributed by atoms with Crippen LogP contribution < -0.4 is 0 Å². The lowest BCUT2D eigenvalue weighted by molar-refractivity contribution is -0.145. The van der Waals surface area contributed by atoms with E-state index >= 15 is 0 Å². The van der Waals surface area contributed by atoms with Gasteiger partial charge in [-0.15, -0.1) is 0 Å². The van der Waals surface area contributed by atoms with Crippen molar-refractivity contribution in [2.75, 3.05) is 19.4 Å². The van der Waals surface area contributed by atoms with Gasteiger partial charge in [0.2, 0.25) is 0 Å². The van der Waals surface area contributed by atoms with Crippen LogP contribution in [0, 0.1) is 5.92 Å². The molecule has 0 radical (unpaired) electrons. The molecule has 0 aliphatic rings. The van der Waals surface area contributed by atoms with Crippen LogP contribution in [0.2, 0.25) is 0 Å². The van der Waals surface area contributed by atoms with E-state index in [0.29, 0.717) is 18.9 Å². The Morgan fingerprint density at radius 3 is 2.04 bits per heavy atom. The molecule has 0 aliphatic heterocycles. The molecule has 0 N–H and O–H groups in total. The van der Waals surface area contributed by atoms with E-state index in [-0.39, 0.29) is 5.97 Å². The van der Waals surface area contributed by atoms with Crippen LogP contribution in [0.25, 0.3) is 0 Å².